The van der Waals surface area contributed by atoms with Gasteiger partial charge in [-0.05, 0) is 38.0 Å². The van der Waals surface area contributed by atoms with Crippen molar-refractivity contribution in [3.05, 3.63) is 98.9 Å². The number of nitrogens with zero attached hydrogens (tertiary/aromatic N) is 3. The molecule has 1 aliphatic heterocycles. The van der Waals surface area contributed by atoms with Gasteiger partial charge in [-0.25, -0.2) is 0 Å². The summed E-state index contributed by atoms with van der Waals surface area (Å²) in [5.74, 6) is 0. The molecule has 0 saturated carbocycles. The molecule has 0 N–H and O–H groups in total. The fourth-order valence-corrected chi connectivity index (χ4v) is 4.45. The summed E-state index contributed by atoms with van der Waals surface area (Å²) in [5.41, 5.74) is 5.81. The minimum Gasteiger partial charge on any atom is -0.350 e. The number of aryl methyl sites for hydroxylation is 3. The number of nitro groups is 1. The summed E-state index contributed by atoms with van der Waals surface area (Å²) in [6, 6.07) is 17.8. The van der Waals surface area contributed by atoms with Crippen LogP contribution in [0.5, 0.6) is 0 Å². The van der Waals surface area contributed by atoms with Crippen LogP contribution in [0, 0.1) is 24.0 Å². The van der Waals surface area contributed by atoms with Crippen molar-refractivity contribution >= 4 is 5.69 Å². The third kappa shape index (κ3) is 3.58. The van der Waals surface area contributed by atoms with Gasteiger partial charge < -0.3 is 4.57 Å². The third-order valence-corrected chi connectivity index (χ3v) is 5.45. The molecular formula is C23H25N3O2. The minimum atomic E-state index is -0.261. The Hall–Kier alpha value is -2.92. The highest BCUT2D eigenvalue weighted by molar-refractivity contribution is 5.46. The van der Waals surface area contributed by atoms with Crippen LogP contribution < -0.4 is 0 Å². The Kier molecular flexibility index (Phi) is 5.01. The van der Waals surface area contributed by atoms with Gasteiger partial charge in [-0.2, -0.15) is 0 Å². The normalized spacial score (nSPS) is 17.1. The van der Waals surface area contributed by atoms with Crippen LogP contribution in [0.2, 0.25) is 0 Å². The van der Waals surface area contributed by atoms with E-state index in [0.29, 0.717) is 0 Å². The molecule has 5 nitrogen and oxygen atoms in total. The molecule has 0 bridgehead atoms. The number of nitro benzene ring substituents is 1. The summed E-state index contributed by atoms with van der Waals surface area (Å²) >= 11 is 0. The van der Waals surface area contributed by atoms with Crippen molar-refractivity contribution in [2.45, 2.75) is 39.4 Å². The van der Waals surface area contributed by atoms with Gasteiger partial charge in [-0.3, -0.25) is 15.0 Å². The van der Waals surface area contributed by atoms with Gasteiger partial charge in [0, 0.05) is 37.6 Å². The standard InChI is InChI=1S/C23H25N3O2/c1-17-13-18(2)15-19(14-17)16-25-12-6-11-24-10-5-9-22(24)23(25)20-7-3-4-8-21(20)26(27)28/h3-5,7-10,13-15,23H,6,11-12,16H2,1-2H3/t23-/m1/s1. The molecule has 0 aliphatic carbocycles. The smallest absolute Gasteiger partial charge is 0.274 e. The van der Waals surface area contributed by atoms with Crippen LogP contribution >= 0.6 is 0 Å². The van der Waals surface area contributed by atoms with E-state index in [-0.39, 0.29) is 16.7 Å². The van der Waals surface area contributed by atoms with Crippen molar-refractivity contribution in [3.63, 3.8) is 0 Å². The van der Waals surface area contributed by atoms with E-state index < -0.39 is 0 Å². The monoisotopic (exact) mass is 375 g/mol. The summed E-state index contributed by atoms with van der Waals surface area (Å²) in [6.07, 6.45) is 3.10. The lowest BCUT2D eigenvalue weighted by Crippen LogP contribution is -2.30. The second-order valence-corrected chi connectivity index (χ2v) is 7.66. The fourth-order valence-electron chi connectivity index (χ4n) is 4.45. The number of benzene rings is 2. The fraction of sp³-hybridized carbons (Fsp3) is 0.304. The molecule has 2 heterocycles. The van der Waals surface area contributed by atoms with E-state index in [1.807, 2.05) is 18.2 Å². The number of aromatic nitrogens is 1. The van der Waals surface area contributed by atoms with Crippen LogP contribution in [-0.4, -0.2) is 20.9 Å². The highest BCUT2D eigenvalue weighted by Gasteiger charge is 2.32. The largest absolute Gasteiger partial charge is 0.350 e. The molecule has 4 rings (SSSR count). The lowest BCUT2D eigenvalue weighted by Gasteiger charge is -2.30. The molecule has 144 valence electrons. The first kappa shape index (κ1) is 18.4. The van der Waals surface area contributed by atoms with E-state index in [2.05, 4.69) is 53.8 Å². The molecule has 0 saturated heterocycles. The first-order chi connectivity index (χ1) is 13.5. The van der Waals surface area contributed by atoms with E-state index >= 15 is 0 Å². The topological polar surface area (TPSA) is 51.3 Å². The number of fused-ring (bicyclic) bond motifs is 1. The number of hydrogen-bond acceptors (Lipinski definition) is 3. The Morgan fingerprint density at radius 1 is 1.04 bits per heavy atom. The molecule has 2 aromatic carbocycles. The molecule has 0 radical (unpaired) electrons. The molecule has 0 fully saturated rings. The molecule has 1 aromatic heterocycles. The Morgan fingerprint density at radius 3 is 2.54 bits per heavy atom. The number of para-hydroxylation sites is 1. The van der Waals surface area contributed by atoms with Gasteiger partial charge >= 0.3 is 0 Å². The predicted molar refractivity (Wildman–Crippen MR) is 110 cm³/mol. The molecular weight excluding hydrogens is 350 g/mol. The highest BCUT2D eigenvalue weighted by Crippen LogP contribution is 2.37. The summed E-state index contributed by atoms with van der Waals surface area (Å²) in [7, 11) is 0. The Bertz CT molecular complexity index is 988. The van der Waals surface area contributed by atoms with Crippen molar-refractivity contribution < 1.29 is 4.92 Å². The summed E-state index contributed by atoms with van der Waals surface area (Å²) in [6.45, 7) is 6.83. The van der Waals surface area contributed by atoms with Crippen molar-refractivity contribution in [1.82, 2.24) is 9.47 Å². The maximum absolute atomic E-state index is 11.7. The molecule has 5 heteroatoms. The van der Waals surface area contributed by atoms with Crippen LogP contribution in [0.25, 0.3) is 0 Å². The zero-order valence-corrected chi connectivity index (χ0v) is 16.3. The summed E-state index contributed by atoms with van der Waals surface area (Å²) in [5, 5.41) is 11.7. The van der Waals surface area contributed by atoms with Gasteiger partial charge in [0.05, 0.1) is 16.5 Å². The third-order valence-electron chi connectivity index (χ3n) is 5.45. The van der Waals surface area contributed by atoms with Gasteiger partial charge in [-0.15, -0.1) is 0 Å². The second kappa shape index (κ2) is 7.60. The van der Waals surface area contributed by atoms with Crippen LogP contribution in [0.4, 0.5) is 5.69 Å². The predicted octanol–water partition coefficient (Wildman–Crippen LogP) is 5.01. The molecule has 3 aromatic rings. The van der Waals surface area contributed by atoms with Crippen LogP contribution in [0.3, 0.4) is 0 Å². The maximum Gasteiger partial charge on any atom is 0.274 e. The van der Waals surface area contributed by atoms with E-state index in [4.69, 9.17) is 0 Å². The van der Waals surface area contributed by atoms with E-state index in [1.54, 1.807) is 12.1 Å². The average molecular weight is 375 g/mol. The minimum absolute atomic E-state index is 0.139. The maximum atomic E-state index is 11.7. The lowest BCUT2D eigenvalue weighted by molar-refractivity contribution is -0.385. The van der Waals surface area contributed by atoms with Gasteiger partial charge in [0.2, 0.25) is 0 Å². The number of rotatable bonds is 4. The second-order valence-electron chi connectivity index (χ2n) is 7.66. The van der Waals surface area contributed by atoms with Gasteiger partial charge in [-0.1, -0.05) is 47.5 Å². The number of hydrogen-bond donors (Lipinski definition) is 0. The Balaban J connectivity index is 1.81. The molecule has 28 heavy (non-hydrogen) atoms. The quantitative estimate of drug-likeness (QED) is 0.476. The lowest BCUT2D eigenvalue weighted by atomic mass is 9.98. The SMILES string of the molecule is Cc1cc(C)cc(CN2CCCn3cccc3[C@H]2c2ccccc2[N+](=O)[O-])c1. The first-order valence-corrected chi connectivity index (χ1v) is 9.72. The van der Waals surface area contributed by atoms with Gasteiger partial charge in [0.25, 0.3) is 5.69 Å². The summed E-state index contributed by atoms with van der Waals surface area (Å²) < 4.78 is 2.24. The van der Waals surface area contributed by atoms with E-state index in [1.165, 1.54) is 16.7 Å². The van der Waals surface area contributed by atoms with Crippen molar-refractivity contribution in [2.75, 3.05) is 6.54 Å². The van der Waals surface area contributed by atoms with Crippen LogP contribution in [0.15, 0.2) is 60.8 Å². The van der Waals surface area contributed by atoms with Crippen molar-refractivity contribution in [1.29, 1.82) is 0 Å². The van der Waals surface area contributed by atoms with E-state index in [0.717, 1.165) is 37.3 Å². The molecule has 1 aliphatic rings. The molecule has 0 unspecified atom stereocenters. The van der Waals surface area contributed by atoms with Crippen LogP contribution in [-0.2, 0) is 13.1 Å². The summed E-state index contributed by atoms with van der Waals surface area (Å²) in [4.78, 5) is 13.9. The van der Waals surface area contributed by atoms with E-state index in [9.17, 15) is 10.1 Å². The molecule has 0 amide bonds. The zero-order valence-electron chi connectivity index (χ0n) is 16.3. The average Bonchev–Trinajstić information content (AvgIpc) is 3.03. The van der Waals surface area contributed by atoms with Crippen LogP contribution in [0.1, 0.15) is 40.4 Å². The highest BCUT2D eigenvalue weighted by atomic mass is 16.6. The molecule has 0 spiro atoms. The zero-order chi connectivity index (χ0) is 19.7. The van der Waals surface area contributed by atoms with Crippen molar-refractivity contribution in [3.8, 4) is 0 Å². The van der Waals surface area contributed by atoms with Gasteiger partial charge in [0.1, 0.15) is 0 Å². The molecule has 1 atom stereocenters. The van der Waals surface area contributed by atoms with Gasteiger partial charge in [0.15, 0.2) is 0 Å². The van der Waals surface area contributed by atoms with Crippen molar-refractivity contribution in [2.24, 2.45) is 0 Å². The Labute approximate surface area is 165 Å². The first-order valence-electron chi connectivity index (χ1n) is 9.72. The Morgan fingerprint density at radius 2 is 1.79 bits per heavy atom.